The van der Waals surface area contributed by atoms with Crippen molar-refractivity contribution in [3.8, 4) is 11.8 Å². The van der Waals surface area contributed by atoms with Gasteiger partial charge in [-0.1, -0.05) is 61.1 Å². The minimum absolute atomic E-state index is 0.0429. The van der Waals surface area contributed by atoms with Crippen LogP contribution in [0.4, 0.5) is 0 Å². The van der Waals surface area contributed by atoms with Crippen LogP contribution in [0.25, 0.3) is 10.8 Å². The van der Waals surface area contributed by atoms with Crippen LogP contribution in [0.15, 0.2) is 65.6 Å². The average Bonchev–Trinajstić information content (AvgIpc) is 2.70. The van der Waals surface area contributed by atoms with Crippen LogP contribution in [-0.4, -0.2) is 16.3 Å². The molecule has 0 aliphatic heterocycles. The number of aliphatic hydroxyl groups is 1. The molecule has 0 aliphatic rings. The maximum absolute atomic E-state index is 12.8. The zero-order chi connectivity index (χ0) is 18.9. The lowest BCUT2D eigenvalue weighted by molar-refractivity contribution is 0.282. The molecule has 27 heavy (non-hydrogen) atoms. The van der Waals surface area contributed by atoms with Gasteiger partial charge in [0.1, 0.15) is 0 Å². The van der Waals surface area contributed by atoms with Gasteiger partial charge in [0.15, 0.2) is 0 Å². The number of benzene rings is 2. The van der Waals surface area contributed by atoms with Crippen molar-refractivity contribution in [3.63, 3.8) is 0 Å². The molecular formula is C24H25NO2. The average molecular weight is 359 g/mol. The first kappa shape index (κ1) is 18.9. The summed E-state index contributed by atoms with van der Waals surface area (Å²) in [5.74, 6) is 6.37. The van der Waals surface area contributed by atoms with E-state index in [1.165, 1.54) is 5.56 Å². The highest BCUT2D eigenvalue weighted by molar-refractivity contribution is 5.82. The van der Waals surface area contributed by atoms with Crippen LogP contribution in [0.2, 0.25) is 0 Å². The molecule has 0 spiro atoms. The summed E-state index contributed by atoms with van der Waals surface area (Å²) in [4.78, 5) is 12.8. The molecule has 2 aromatic carbocycles. The molecule has 0 aliphatic carbocycles. The molecule has 0 bridgehead atoms. The highest BCUT2D eigenvalue weighted by atomic mass is 16.2. The van der Waals surface area contributed by atoms with E-state index in [1.807, 2.05) is 48.7 Å². The second-order valence-corrected chi connectivity index (χ2v) is 6.72. The Morgan fingerprint density at radius 3 is 2.56 bits per heavy atom. The minimum Gasteiger partial charge on any atom is -0.396 e. The molecule has 138 valence electrons. The van der Waals surface area contributed by atoms with Crippen molar-refractivity contribution < 1.29 is 5.11 Å². The summed E-state index contributed by atoms with van der Waals surface area (Å²) in [6.07, 6.45) is 6.37. The van der Waals surface area contributed by atoms with Crippen molar-refractivity contribution in [1.82, 2.24) is 4.57 Å². The molecule has 1 heterocycles. The summed E-state index contributed by atoms with van der Waals surface area (Å²) in [5.41, 5.74) is 2.10. The van der Waals surface area contributed by atoms with E-state index >= 15 is 0 Å². The number of aromatic nitrogens is 1. The largest absolute Gasteiger partial charge is 0.396 e. The minimum atomic E-state index is 0.0429. The molecule has 3 aromatic rings. The van der Waals surface area contributed by atoms with Gasteiger partial charge in [-0.15, -0.1) is 0 Å². The number of hydrogen-bond donors (Lipinski definition) is 1. The number of aryl methyl sites for hydroxylation is 1. The third-order valence-electron chi connectivity index (χ3n) is 4.65. The van der Waals surface area contributed by atoms with Crippen LogP contribution in [0.1, 0.15) is 36.8 Å². The van der Waals surface area contributed by atoms with Gasteiger partial charge in [-0.2, -0.15) is 0 Å². The van der Waals surface area contributed by atoms with Crippen molar-refractivity contribution in [3.05, 3.63) is 82.3 Å². The van der Waals surface area contributed by atoms with Crippen LogP contribution in [0, 0.1) is 11.8 Å². The van der Waals surface area contributed by atoms with Gasteiger partial charge in [0.25, 0.3) is 5.56 Å². The normalized spacial score (nSPS) is 10.6. The molecule has 0 unspecified atom stereocenters. The van der Waals surface area contributed by atoms with Gasteiger partial charge in [-0.25, -0.2) is 0 Å². The molecule has 1 aromatic heterocycles. The summed E-state index contributed by atoms with van der Waals surface area (Å²) < 4.78 is 1.78. The zero-order valence-corrected chi connectivity index (χ0v) is 15.5. The summed E-state index contributed by atoms with van der Waals surface area (Å²) >= 11 is 0. The van der Waals surface area contributed by atoms with E-state index in [0.717, 1.165) is 42.0 Å². The highest BCUT2D eigenvalue weighted by Crippen LogP contribution is 2.12. The first-order valence-corrected chi connectivity index (χ1v) is 9.55. The van der Waals surface area contributed by atoms with Crippen LogP contribution in [0.3, 0.4) is 0 Å². The zero-order valence-electron chi connectivity index (χ0n) is 15.5. The van der Waals surface area contributed by atoms with E-state index in [-0.39, 0.29) is 12.2 Å². The summed E-state index contributed by atoms with van der Waals surface area (Å²) in [6.45, 7) is 0.953. The molecule has 3 nitrogen and oxygen atoms in total. The topological polar surface area (TPSA) is 42.2 Å². The fourth-order valence-corrected chi connectivity index (χ4v) is 3.13. The second-order valence-electron chi connectivity index (χ2n) is 6.72. The smallest absolute Gasteiger partial charge is 0.258 e. The molecule has 0 atom stereocenters. The van der Waals surface area contributed by atoms with Crippen molar-refractivity contribution in [1.29, 1.82) is 0 Å². The van der Waals surface area contributed by atoms with Crippen LogP contribution < -0.4 is 5.56 Å². The molecule has 0 radical (unpaired) electrons. The number of pyridine rings is 1. The summed E-state index contributed by atoms with van der Waals surface area (Å²) in [6, 6.07) is 18.0. The quantitative estimate of drug-likeness (QED) is 0.509. The Morgan fingerprint density at radius 2 is 1.74 bits per heavy atom. The van der Waals surface area contributed by atoms with Gasteiger partial charge in [-0.3, -0.25) is 4.79 Å². The molecule has 0 fully saturated rings. The third kappa shape index (κ3) is 5.32. The number of unbranched alkanes of at least 4 members (excludes halogenated alkanes) is 3. The molecule has 0 amide bonds. The van der Waals surface area contributed by atoms with E-state index in [0.29, 0.717) is 13.0 Å². The maximum atomic E-state index is 12.8. The molecule has 0 saturated heterocycles. The fourth-order valence-electron chi connectivity index (χ4n) is 3.13. The Hall–Kier alpha value is -2.83. The number of nitrogens with zero attached hydrogens (tertiary/aromatic N) is 1. The monoisotopic (exact) mass is 359 g/mol. The lowest BCUT2D eigenvalue weighted by atomic mass is 10.1. The Kier molecular flexibility index (Phi) is 6.84. The Labute approximate surface area is 160 Å². The SMILES string of the molecule is O=c1c2cc(C#CCc3ccccc3)ccc2ccn1CCCCCCO. The molecular weight excluding hydrogens is 334 g/mol. The van der Waals surface area contributed by atoms with Crippen molar-refractivity contribution in [2.75, 3.05) is 6.61 Å². The van der Waals surface area contributed by atoms with E-state index in [9.17, 15) is 4.79 Å². The maximum Gasteiger partial charge on any atom is 0.258 e. The molecule has 3 rings (SSSR count). The number of hydrogen-bond acceptors (Lipinski definition) is 2. The third-order valence-corrected chi connectivity index (χ3v) is 4.65. The van der Waals surface area contributed by atoms with Gasteiger partial charge in [0.05, 0.1) is 0 Å². The van der Waals surface area contributed by atoms with Gasteiger partial charge in [0, 0.05) is 36.7 Å². The fraction of sp³-hybridized carbons (Fsp3) is 0.292. The summed E-state index contributed by atoms with van der Waals surface area (Å²) in [7, 11) is 0. The van der Waals surface area contributed by atoms with Gasteiger partial charge < -0.3 is 9.67 Å². The Balaban J connectivity index is 1.73. The molecule has 3 heteroatoms. The van der Waals surface area contributed by atoms with Crippen LogP contribution in [0.5, 0.6) is 0 Å². The van der Waals surface area contributed by atoms with E-state index in [1.54, 1.807) is 4.57 Å². The van der Waals surface area contributed by atoms with Crippen molar-refractivity contribution >= 4 is 10.8 Å². The van der Waals surface area contributed by atoms with Gasteiger partial charge in [0.2, 0.25) is 0 Å². The van der Waals surface area contributed by atoms with Crippen molar-refractivity contribution in [2.24, 2.45) is 0 Å². The predicted octanol–water partition coefficient (Wildman–Crippen LogP) is 4.15. The van der Waals surface area contributed by atoms with E-state index < -0.39 is 0 Å². The number of rotatable bonds is 7. The Bertz CT molecular complexity index is 994. The van der Waals surface area contributed by atoms with Crippen LogP contribution in [-0.2, 0) is 13.0 Å². The lowest BCUT2D eigenvalue weighted by Crippen LogP contribution is -2.19. The molecule has 1 N–H and O–H groups in total. The van der Waals surface area contributed by atoms with Crippen molar-refractivity contribution in [2.45, 2.75) is 38.6 Å². The second kappa shape index (κ2) is 9.75. The first-order chi connectivity index (χ1) is 13.3. The number of aliphatic hydroxyl groups excluding tert-OH is 1. The first-order valence-electron chi connectivity index (χ1n) is 9.55. The van der Waals surface area contributed by atoms with Crippen LogP contribution >= 0.6 is 0 Å². The highest BCUT2D eigenvalue weighted by Gasteiger charge is 2.03. The van der Waals surface area contributed by atoms with Gasteiger partial charge >= 0.3 is 0 Å². The predicted molar refractivity (Wildman–Crippen MR) is 111 cm³/mol. The summed E-state index contributed by atoms with van der Waals surface area (Å²) in [5, 5.41) is 10.5. The number of fused-ring (bicyclic) bond motifs is 1. The lowest BCUT2D eigenvalue weighted by Gasteiger charge is -2.07. The van der Waals surface area contributed by atoms with Gasteiger partial charge in [-0.05, 0) is 42.0 Å². The molecule has 0 saturated carbocycles. The Morgan fingerprint density at radius 1 is 0.926 bits per heavy atom. The van der Waals surface area contributed by atoms with E-state index in [2.05, 4.69) is 24.0 Å². The standard InChI is InChI=1S/C24H25NO2/c26-18-7-2-1-6-16-25-17-15-22-14-13-21(19-23(22)24(25)27)12-8-11-20-9-4-3-5-10-20/h3-5,9-10,13-15,17,19,26H,1-2,6-7,11,16,18H2. The van der Waals surface area contributed by atoms with E-state index in [4.69, 9.17) is 5.11 Å².